The molecule has 0 aliphatic rings. The Kier molecular flexibility index (Phi) is 5.41. The molecule has 0 bridgehead atoms. The fourth-order valence-corrected chi connectivity index (χ4v) is 2.67. The van der Waals surface area contributed by atoms with E-state index in [2.05, 4.69) is 5.32 Å². The maximum Gasteiger partial charge on any atom is 0.123 e. The third-order valence-corrected chi connectivity index (χ3v) is 3.85. The van der Waals surface area contributed by atoms with Crippen LogP contribution in [0.1, 0.15) is 17.0 Å². The average molecular weight is 312 g/mol. The molecule has 0 fully saturated rings. The minimum Gasteiger partial charge on any atom is -0.319 e. The highest BCUT2D eigenvalue weighted by Crippen LogP contribution is 2.27. The van der Waals surface area contributed by atoms with Crippen LogP contribution < -0.4 is 5.32 Å². The summed E-state index contributed by atoms with van der Waals surface area (Å²) in [4.78, 5) is 0. The van der Waals surface area contributed by atoms with Crippen LogP contribution in [0.3, 0.4) is 0 Å². The maximum absolute atomic E-state index is 13.4. The van der Waals surface area contributed by atoms with Crippen molar-refractivity contribution in [3.05, 3.63) is 69.5 Å². The van der Waals surface area contributed by atoms with Crippen molar-refractivity contribution in [2.75, 3.05) is 13.6 Å². The molecule has 0 radical (unpaired) electrons. The van der Waals surface area contributed by atoms with Crippen molar-refractivity contribution in [3.8, 4) is 0 Å². The lowest BCUT2D eigenvalue weighted by Gasteiger charge is -2.18. The summed E-state index contributed by atoms with van der Waals surface area (Å²) in [5, 5.41) is 4.46. The Morgan fingerprint density at radius 3 is 2.65 bits per heavy atom. The first-order valence-electron chi connectivity index (χ1n) is 6.44. The molecule has 0 aromatic heterocycles. The zero-order chi connectivity index (χ0) is 14.5. The first kappa shape index (κ1) is 15.3. The monoisotopic (exact) mass is 311 g/mol. The lowest BCUT2D eigenvalue weighted by atomic mass is 9.92. The second-order valence-corrected chi connectivity index (χ2v) is 5.59. The highest BCUT2D eigenvalue weighted by molar-refractivity contribution is 6.31. The summed E-state index contributed by atoms with van der Waals surface area (Å²) in [6.07, 6.45) is 0.664. The van der Waals surface area contributed by atoms with E-state index in [1.807, 2.05) is 31.3 Å². The van der Waals surface area contributed by atoms with Crippen LogP contribution in [0.4, 0.5) is 4.39 Å². The summed E-state index contributed by atoms with van der Waals surface area (Å²) in [7, 11) is 1.89. The SMILES string of the molecule is CNCC(Cc1cc(F)ccc1Cl)c1cccc(Cl)c1. The van der Waals surface area contributed by atoms with E-state index in [-0.39, 0.29) is 11.7 Å². The molecule has 0 aliphatic heterocycles. The summed E-state index contributed by atoms with van der Waals surface area (Å²) in [6, 6.07) is 12.2. The van der Waals surface area contributed by atoms with Gasteiger partial charge in [0.25, 0.3) is 0 Å². The molecule has 1 unspecified atom stereocenters. The molecular formula is C16H16Cl2FN. The number of likely N-dealkylation sites (N-methyl/N-ethyl adjacent to an activating group) is 1. The third-order valence-electron chi connectivity index (χ3n) is 3.24. The standard InChI is InChI=1S/C16H16Cl2FN/c1-20-10-13(11-3-2-4-14(17)8-11)7-12-9-15(19)5-6-16(12)18/h2-6,8-9,13,20H,7,10H2,1H3. The molecule has 1 atom stereocenters. The quantitative estimate of drug-likeness (QED) is 0.845. The zero-order valence-electron chi connectivity index (χ0n) is 11.2. The van der Waals surface area contributed by atoms with Crippen LogP contribution in [-0.4, -0.2) is 13.6 Å². The van der Waals surface area contributed by atoms with E-state index in [1.165, 1.54) is 12.1 Å². The lowest BCUT2D eigenvalue weighted by Crippen LogP contribution is -2.19. The molecule has 2 rings (SSSR count). The molecule has 2 aromatic carbocycles. The molecule has 0 spiro atoms. The summed E-state index contributed by atoms with van der Waals surface area (Å²) >= 11 is 12.2. The highest BCUT2D eigenvalue weighted by Gasteiger charge is 2.14. The van der Waals surface area contributed by atoms with Gasteiger partial charge in [0.1, 0.15) is 5.82 Å². The molecule has 0 aliphatic carbocycles. The lowest BCUT2D eigenvalue weighted by molar-refractivity contribution is 0.608. The van der Waals surface area contributed by atoms with Crippen molar-refractivity contribution in [1.82, 2.24) is 5.32 Å². The van der Waals surface area contributed by atoms with Gasteiger partial charge in [0.2, 0.25) is 0 Å². The fraction of sp³-hybridized carbons (Fsp3) is 0.250. The summed E-state index contributed by atoms with van der Waals surface area (Å²) in [5.41, 5.74) is 1.93. The van der Waals surface area contributed by atoms with E-state index in [1.54, 1.807) is 6.07 Å². The molecule has 106 valence electrons. The van der Waals surface area contributed by atoms with Gasteiger partial charge in [0.15, 0.2) is 0 Å². The van der Waals surface area contributed by atoms with Crippen LogP contribution in [0.2, 0.25) is 10.0 Å². The van der Waals surface area contributed by atoms with Gasteiger partial charge in [-0.2, -0.15) is 0 Å². The van der Waals surface area contributed by atoms with Gasteiger partial charge in [0.05, 0.1) is 0 Å². The van der Waals surface area contributed by atoms with Gasteiger partial charge in [-0.15, -0.1) is 0 Å². The molecule has 0 amide bonds. The van der Waals surface area contributed by atoms with Crippen molar-refractivity contribution in [1.29, 1.82) is 0 Å². The van der Waals surface area contributed by atoms with Crippen LogP contribution >= 0.6 is 23.2 Å². The molecule has 0 saturated carbocycles. The van der Waals surface area contributed by atoms with Crippen LogP contribution in [0.25, 0.3) is 0 Å². The number of hydrogen-bond acceptors (Lipinski definition) is 1. The molecule has 20 heavy (non-hydrogen) atoms. The van der Waals surface area contributed by atoms with Gasteiger partial charge < -0.3 is 5.32 Å². The van der Waals surface area contributed by atoms with Crippen molar-refractivity contribution >= 4 is 23.2 Å². The van der Waals surface area contributed by atoms with E-state index in [4.69, 9.17) is 23.2 Å². The summed E-state index contributed by atoms with van der Waals surface area (Å²) in [5.74, 6) is -0.0725. The first-order valence-corrected chi connectivity index (χ1v) is 7.19. The van der Waals surface area contributed by atoms with Crippen molar-refractivity contribution < 1.29 is 4.39 Å². The van der Waals surface area contributed by atoms with E-state index in [0.717, 1.165) is 17.7 Å². The van der Waals surface area contributed by atoms with E-state index >= 15 is 0 Å². The average Bonchev–Trinajstić information content (AvgIpc) is 2.42. The Balaban J connectivity index is 2.27. The first-order chi connectivity index (χ1) is 9.60. The number of nitrogens with one attached hydrogen (secondary N) is 1. The van der Waals surface area contributed by atoms with Crippen LogP contribution in [0.15, 0.2) is 42.5 Å². The largest absolute Gasteiger partial charge is 0.319 e. The predicted molar refractivity (Wildman–Crippen MR) is 83.2 cm³/mol. The molecule has 0 heterocycles. The van der Waals surface area contributed by atoms with Gasteiger partial charge in [-0.3, -0.25) is 0 Å². The van der Waals surface area contributed by atoms with Gasteiger partial charge in [-0.1, -0.05) is 35.3 Å². The molecule has 0 saturated heterocycles. The second-order valence-electron chi connectivity index (χ2n) is 4.75. The van der Waals surface area contributed by atoms with E-state index < -0.39 is 0 Å². The summed E-state index contributed by atoms with van der Waals surface area (Å²) < 4.78 is 13.4. The Hall–Kier alpha value is -1.09. The Morgan fingerprint density at radius 2 is 1.95 bits per heavy atom. The molecule has 2 aromatic rings. The molecule has 4 heteroatoms. The Labute approximate surface area is 128 Å². The van der Waals surface area contributed by atoms with Crippen molar-refractivity contribution in [2.24, 2.45) is 0 Å². The van der Waals surface area contributed by atoms with Gasteiger partial charge in [-0.05, 0) is 54.9 Å². The minimum absolute atomic E-state index is 0.193. The van der Waals surface area contributed by atoms with Crippen LogP contribution in [0, 0.1) is 5.82 Å². The van der Waals surface area contributed by atoms with Crippen LogP contribution in [-0.2, 0) is 6.42 Å². The summed E-state index contributed by atoms with van der Waals surface area (Å²) in [6.45, 7) is 0.771. The number of rotatable bonds is 5. The third kappa shape index (κ3) is 3.95. The fourth-order valence-electron chi connectivity index (χ4n) is 2.28. The van der Waals surface area contributed by atoms with Gasteiger partial charge >= 0.3 is 0 Å². The van der Waals surface area contributed by atoms with Crippen molar-refractivity contribution in [2.45, 2.75) is 12.3 Å². The molecule has 1 nitrogen and oxygen atoms in total. The van der Waals surface area contributed by atoms with Crippen LogP contribution in [0.5, 0.6) is 0 Å². The molecular weight excluding hydrogens is 296 g/mol. The van der Waals surface area contributed by atoms with Crippen molar-refractivity contribution in [3.63, 3.8) is 0 Å². The highest BCUT2D eigenvalue weighted by atomic mass is 35.5. The second kappa shape index (κ2) is 7.07. The number of benzene rings is 2. The Morgan fingerprint density at radius 1 is 1.15 bits per heavy atom. The maximum atomic E-state index is 13.4. The smallest absolute Gasteiger partial charge is 0.123 e. The van der Waals surface area contributed by atoms with Gasteiger partial charge in [-0.25, -0.2) is 4.39 Å². The zero-order valence-corrected chi connectivity index (χ0v) is 12.7. The van der Waals surface area contributed by atoms with Gasteiger partial charge in [0, 0.05) is 22.5 Å². The Bertz CT molecular complexity index is 586. The normalized spacial score (nSPS) is 12.4. The number of hydrogen-bond donors (Lipinski definition) is 1. The topological polar surface area (TPSA) is 12.0 Å². The van der Waals surface area contributed by atoms with E-state index in [0.29, 0.717) is 16.5 Å². The minimum atomic E-state index is -0.265. The predicted octanol–water partition coefficient (Wildman–Crippen LogP) is 4.68. The number of halogens is 3. The van der Waals surface area contributed by atoms with E-state index in [9.17, 15) is 4.39 Å². The molecule has 1 N–H and O–H groups in total.